The van der Waals surface area contributed by atoms with Crippen LogP contribution in [0.5, 0.6) is 5.75 Å². The van der Waals surface area contributed by atoms with Gasteiger partial charge in [-0.3, -0.25) is 14.4 Å². The molecule has 2 amide bonds. The van der Waals surface area contributed by atoms with Gasteiger partial charge in [0.1, 0.15) is 5.75 Å². The number of thiophene rings is 1. The molecule has 0 radical (unpaired) electrons. The number of nitrogens with one attached hydrogen (secondary N) is 2. The summed E-state index contributed by atoms with van der Waals surface area (Å²) < 4.78 is 5.92. The zero-order valence-corrected chi connectivity index (χ0v) is 17.7. The van der Waals surface area contributed by atoms with Gasteiger partial charge in [-0.15, -0.1) is 11.3 Å². The molecule has 0 unspecified atom stereocenters. The van der Waals surface area contributed by atoms with Crippen LogP contribution in [0.25, 0.3) is 0 Å². The van der Waals surface area contributed by atoms with Crippen molar-refractivity contribution in [1.82, 2.24) is 10.6 Å². The number of ether oxygens (including phenoxy) is 1. The Kier molecular flexibility index (Phi) is 7.46. The van der Waals surface area contributed by atoms with Crippen LogP contribution in [0.15, 0.2) is 35.7 Å². The first-order valence-electron chi connectivity index (χ1n) is 10.0. The van der Waals surface area contributed by atoms with E-state index in [4.69, 9.17) is 9.84 Å². The fourth-order valence-corrected chi connectivity index (χ4v) is 4.29. The van der Waals surface area contributed by atoms with Gasteiger partial charge in [-0.25, -0.2) is 0 Å². The SMILES string of the molecule is Cc1ccsc1C(=O)NCCNC(=O)c1ccc(OC2CCC(C(=O)O)CC2)cc1. The van der Waals surface area contributed by atoms with Crippen molar-refractivity contribution in [3.8, 4) is 5.75 Å². The third-order valence-electron chi connectivity index (χ3n) is 5.21. The number of carbonyl (C=O) groups excluding carboxylic acids is 2. The highest BCUT2D eigenvalue weighted by atomic mass is 32.1. The number of hydrogen-bond acceptors (Lipinski definition) is 5. The molecule has 3 N–H and O–H groups in total. The topological polar surface area (TPSA) is 105 Å². The second-order valence-electron chi connectivity index (χ2n) is 7.40. The number of carboxylic acid groups (broad SMARTS) is 1. The Morgan fingerprint density at radius 3 is 2.20 bits per heavy atom. The Morgan fingerprint density at radius 1 is 1.00 bits per heavy atom. The number of amides is 2. The van der Waals surface area contributed by atoms with Gasteiger partial charge in [0.25, 0.3) is 11.8 Å². The molecule has 160 valence electrons. The van der Waals surface area contributed by atoms with Crippen molar-refractivity contribution in [2.75, 3.05) is 13.1 Å². The van der Waals surface area contributed by atoms with Crippen molar-refractivity contribution in [3.63, 3.8) is 0 Å². The summed E-state index contributed by atoms with van der Waals surface area (Å²) in [5, 5.41) is 16.5. The summed E-state index contributed by atoms with van der Waals surface area (Å²) in [6.45, 7) is 2.57. The number of aryl methyl sites for hydroxylation is 1. The van der Waals surface area contributed by atoms with Crippen LogP contribution >= 0.6 is 11.3 Å². The van der Waals surface area contributed by atoms with Gasteiger partial charge in [0.05, 0.1) is 16.9 Å². The molecule has 1 fully saturated rings. The zero-order chi connectivity index (χ0) is 21.5. The van der Waals surface area contributed by atoms with E-state index in [1.807, 2.05) is 18.4 Å². The van der Waals surface area contributed by atoms with E-state index in [0.29, 0.717) is 42.1 Å². The average molecular weight is 431 g/mol. The summed E-state index contributed by atoms with van der Waals surface area (Å²) >= 11 is 1.40. The van der Waals surface area contributed by atoms with Gasteiger partial charge in [-0.1, -0.05) is 0 Å². The highest BCUT2D eigenvalue weighted by molar-refractivity contribution is 7.12. The lowest BCUT2D eigenvalue weighted by Gasteiger charge is -2.26. The Labute approximate surface area is 179 Å². The van der Waals surface area contributed by atoms with E-state index in [1.165, 1.54) is 11.3 Å². The summed E-state index contributed by atoms with van der Waals surface area (Å²) in [7, 11) is 0. The molecule has 7 nitrogen and oxygen atoms in total. The summed E-state index contributed by atoms with van der Waals surface area (Å²) in [5.41, 5.74) is 1.45. The van der Waals surface area contributed by atoms with E-state index in [9.17, 15) is 14.4 Å². The van der Waals surface area contributed by atoms with Crippen LogP contribution < -0.4 is 15.4 Å². The quantitative estimate of drug-likeness (QED) is 0.558. The van der Waals surface area contributed by atoms with Gasteiger partial charge < -0.3 is 20.5 Å². The highest BCUT2D eigenvalue weighted by Gasteiger charge is 2.26. The van der Waals surface area contributed by atoms with Crippen molar-refractivity contribution in [2.24, 2.45) is 5.92 Å². The summed E-state index contributed by atoms with van der Waals surface area (Å²) in [4.78, 5) is 36.0. The molecule has 1 aromatic heterocycles. The molecular weight excluding hydrogens is 404 g/mol. The monoisotopic (exact) mass is 430 g/mol. The van der Waals surface area contributed by atoms with E-state index in [2.05, 4.69) is 10.6 Å². The Bertz CT molecular complexity index is 885. The van der Waals surface area contributed by atoms with Gasteiger partial charge in [0.15, 0.2) is 0 Å². The molecule has 2 aromatic rings. The van der Waals surface area contributed by atoms with Crippen LogP contribution in [0.1, 0.15) is 51.3 Å². The molecule has 1 saturated carbocycles. The van der Waals surface area contributed by atoms with Crippen molar-refractivity contribution in [1.29, 1.82) is 0 Å². The van der Waals surface area contributed by atoms with Crippen LogP contribution in [0.4, 0.5) is 0 Å². The highest BCUT2D eigenvalue weighted by Crippen LogP contribution is 2.28. The summed E-state index contributed by atoms with van der Waals surface area (Å²) in [6, 6.07) is 8.79. The molecule has 1 aliphatic rings. The predicted molar refractivity (Wildman–Crippen MR) is 114 cm³/mol. The summed E-state index contributed by atoms with van der Waals surface area (Å²) in [6.07, 6.45) is 2.70. The molecule has 1 aliphatic carbocycles. The van der Waals surface area contributed by atoms with Crippen molar-refractivity contribution in [2.45, 2.75) is 38.7 Å². The van der Waals surface area contributed by atoms with Gasteiger partial charge in [0, 0.05) is 18.7 Å². The van der Waals surface area contributed by atoms with Gasteiger partial charge >= 0.3 is 5.97 Å². The average Bonchev–Trinajstić information content (AvgIpc) is 3.18. The van der Waals surface area contributed by atoms with E-state index < -0.39 is 5.97 Å². The first kappa shape index (κ1) is 21.8. The molecule has 1 heterocycles. The third kappa shape index (κ3) is 5.82. The lowest BCUT2D eigenvalue weighted by atomic mass is 9.87. The Hall–Kier alpha value is -2.87. The maximum Gasteiger partial charge on any atom is 0.306 e. The van der Waals surface area contributed by atoms with Crippen LogP contribution in [0.2, 0.25) is 0 Å². The normalized spacial score (nSPS) is 18.4. The van der Waals surface area contributed by atoms with Crippen LogP contribution in [-0.4, -0.2) is 42.1 Å². The molecule has 0 saturated heterocycles. The van der Waals surface area contributed by atoms with E-state index in [-0.39, 0.29) is 23.8 Å². The minimum atomic E-state index is -0.731. The molecule has 0 bridgehead atoms. The predicted octanol–water partition coefficient (Wildman–Crippen LogP) is 3.24. The minimum absolute atomic E-state index is 0.0101. The van der Waals surface area contributed by atoms with Gasteiger partial charge in [0.2, 0.25) is 0 Å². The fraction of sp³-hybridized carbons (Fsp3) is 0.409. The lowest BCUT2D eigenvalue weighted by Crippen LogP contribution is -2.34. The minimum Gasteiger partial charge on any atom is -0.490 e. The number of carboxylic acids is 1. The first-order chi connectivity index (χ1) is 14.4. The van der Waals surface area contributed by atoms with Gasteiger partial charge in [-0.05, 0) is 73.9 Å². The first-order valence-corrected chi connectivity index (χ1v) is 10.9. The standard InChI is InChI=1S/C22H26N2O5S/c1-14-10-13-30-19(14)21(26)24-12-11-23-20(25)15-2-6-17(7-3-15)29-18-8-4-16(5-9-18)22(27)28/h2-3,6-7,10,13,16,18H,4-5,8-9,11-12H2,1H3,(H,23,25)(H,24,26)(H,27,28). The molecule has 0 atom stereocenters. The van der Waals surface area contributed by atoms with Crippen molar-refractivity contribution in [3.05, 3.63) is 51.7 Å². The van der Waals surface area contributed by atoms with Crippen LogP contribution in [-0.2, 0) is 4.79 Å². The smallest absolute Gasteiger partial charge is 0.306 e. The molecule has 30 heavy (non-hydrogen) atoms. The van der Waals surface area contributed by atoms with E-state index >= 15 is 0 Å². The lowest BCUT2D eigenvalue weighted by molar-refractivity contribution is -0.143. The maximum absolute atomic E-state index is 12.3. The Balaban J connectivity index is 1.39. The molecule has 1 aromatic carbocycles. The molecule has 0 spiro atoms. The number of benzene rings is 1. The maximum atomic E-state index is 12.3. The number of aliphatic carboxylic acids is 1. The van der Waals surface area contributed by atoms with Crippen molar-refractivity contribution < 1.29 is 24.2 Å². The number of rotatable bonds is 8. The molecular formula is C22H26N2O5S. The fourth-order valence-electron chi connectivity index (χ4n) is 3.44. The largest absolute Gasteiger partial charge is 0.490 e. The second-order valence-corrected chi connectivity index (χ2v) is 8.31. The number of hydrogen-bond donors (Lipinski definition) is 3. The van der Waals surface area contributed by atoms with Crippen LogP contribution in [0.3, 0.4) is 0 Å². The molecule has 0 aliphatic heterocycles. The second kappa shape index (κ2) is 10.2. The molecule has 3 rings (SSSR count). The van der Waals surface area contributed by atoms with Crippen molar-refractivity contribution >= 4 is 29.1 Å². The number of carbonyl (C=O) groups is 3. The van der Waals surface area contributed by atoms with Gasteiger partial charge in [-0.2, -0.15) is 0 Å². The van der Waals surface area contributed by atoms with E-state index in [0.717, 1.165) is 18.4 Å². The zero-order valence-electron chi connectivity index (χ0n) is 16.8. The van der Waals surface area contributed by atoms with Crippen LogP contribution in [0, 0.1) is 12.8 Å². The Morgan fingerprint density at radius 2 is 1.63 bits per heavy atom. The van der Waals surface area contributed by atoms with E-state index in [1.54, 1.807) is 24.3 Å². The molecule has 8 heteroatoms. The third-order valence-corrected chi connectivity index (χ3v) is 6.22. The summed E-state index contributed by atoms with van der Waals surface area (Å²) in [5.74, 6) is -0.676.